The van der Waals surface area contributed by atoms with E-state index in [1.165, 1.54) is 0 Å². The quantitative estimate of drug-likeness (QED) is 0.882. The van der Waals surface area contributed by atoms with Gasteiger partial charge in [0, 0.05) is 18.9 Å². The molecule has 5 heteroatoms. The predicted molar refractivity (Wildman–Crippen MR) is 93.7 cm³/mol. The second-order valence-corrected chi connectivity index (χ2v) is 7.63. The van der Waals surface area contributed by atoms with Crippen molar-refractivity contribution < 1.29 is 14.7 Å². The molecule has 1 unspecified atom stereocenters. The molecular weight excluding hydrogens is 316 g/mol. The minimum absolute atomic E-state index is 0.103. The third kappa shape index (κ3) is 3.06. The Balaban J connectivity index is 1.46. The molecular formula is C20H26N2O3. The first-order valence-corrected chi connectivity index (χ1v) is 9.52. The Bertz CT molecular complexity index is 669. The smallest absolute Gasteiger partial charge is 0.243 e. The Labute approximate surface area is 148 Å². The summed E-state index contributed by atoms with van der Waals surface area (Å²) in [6.45, 7) is 0.678. The van der Waals surface area contributed by atoms with E-state index < -0.39 is 6.10 Å². The lowest BCUT2D eigenvalue weighted by Crippen LogP contribution is -2.49. The summed E-state index contributed by atoms with van der Waals surface area (Å²) < 4.78 is 0. The Morgan fingerprint density at radius 3 is 2.64 bits per heavy atom. The minimum atomic E-state index is -0.596. The number of rotatable bonds is 3. The van der Waals surface area contributed by atoms with Gasteiger partial charge in [0.25, 0.3) is 0 Å². The van der Waals surface area contributed by atoms with Gasteiger partial charge in [0.15, 0.2) is 0 Å². The van der Waals surface area contributed by atoms with Crippen LogP contribution in [0, 0.1) is 5.92 Å². The summed E-state index contributed by atoms with van der Waals surface area (Å²) in [4.78, 5) is 27.4. The number of likely N-dealkylation sites (tertiary alicyclic amines) is 1. The molecule has 2 N–H and O–H groups in total. The molecule has 0 aromatic heterocycles. The third-order valence-electron chi connectivity index (χ3n) is 6.04. The number of benzene rings is 1. The molecule has 1 aliphatic heterocycles. The summed E-state index contributed by atoms with van der Waals surface area (Å²) in [6, 6.07) is 7.10. The van der Waals surface area contributed by atoms with Gasteiger partial charge in [-0.05, 0) is 36.8 Å². The van der Waals surface area contributed by atoms with Gasteiger partial charge >= 0.3 is 0 Å². The molecule has 0 bridgehead atoms. The molecule has 5 nitrogen and oxygen atoms in total. The van der Waals surface area contributed by atoms with Crippen LogP contribution in [0.25, 0.3) is 0 Å². The molecule has 1 saturated heterocycles. The van der Waals surface area contributed by atoms with Crippen molar-refractivity contribution in [3.8, 4) is 0 Å². The molecule has 3 aliphatic rings. The zero-order chi connectivity index (χ0) is 17.4. The van der Waals surface area contributed by atoms with Crippen LogP contribution in [0.3, 0.4) is 0 Å². The Hall–Kier alpha value is -1.88. The van der Waals surface area contributed by atoms with Gasteiger partial charge in [-0.1, -0.05) is 37.1 Å². The molecule has 2 amide bonds. The number of hydrogen-bond donors (Lipinski definition) is 2. The number of nitrogens with zero attached hydrogens (tertiary/aromatic N) is 1. The van der Waals surface area contributed by atoms with Crippen LogP contribution in [-0.2, 0) is 16.0 Å². The maximum absolute atomic E-state index is 12.9. The van der Waals surface area contributed by atoms with Crippen LogP contribution in [0.5, 0.6) is 0 Å². The fourth-order valence-corrected chi connectivity index (χ4v) is 4.71. The topological polar surface area (TPSA) is 69.6 Å². The second-order valence-electron chi connectivity index (χ2n) is 7.63. The van der Waals surface area contributed by atoms with Crippen molar-refractivity contribution in [3.63, 3.8) is 0 Å². The average molecular weight is 342 g/mol. The normalized spacial score (nSPS) is 29.0. The van der Waals surface area contributed by atoms with Gasteiger partial charge < -0.3 is 15.3 Å². The Kier molecular flexibility index (Phi) is 4.50. The van der Waals surface area contributed by atoms with E-state index in [0.717, 1.165) is 49.7 Å². The second kappa shape index (κ2) is 6.79. The van der Waals surface area contributed by atoms with E-state index in [1.807, 2.05) is 24.3 Å². The van der Waals surface area contributed by atoms with Gasteiger partial charge in [0.2, 0.25) is 11.8 Å². The molecule has 2 aliphatic carbocycles. The molecule has 25 heavy (non-hydrogen) atoms. The number of aliphatic hydroxyl groups excluding tert-OH is 1. The van der Waals surface area contributed by atoms with Gasteiger partial charge in [0.05, 0.1) is 12.1 Å². The van der Waals surface area contributed by atoms with Gasteiger partial charge in [-0.15, -0.1) is 0 Å². The monoisotopic (exact) mass is 342 g/mol. The SMILES string of the molecule is O=C(N[C@H]1c2ccccc2C[C@H]1O)C1CCCN1C(=O)C1CCCC1. The maximum Gasteiger partial charge on any atom is 0.243 e. The van der Waals surface area contributed by atoms with E-state index in [-0.39, 0.29) is 29.8 Å². The van der Waals surface area contributed by atoms with Crippen molar-refractivity contribution in [2.75, 3.05) is 6.54 Å². The number of hydrogen-bond acceptors (Lipinski definition) is 3. The number of fused-ring (bicyclic) bond motifs is 1. The number of nitrogens with one attached hydrogen (secondary N) is 1. The summed E-state index contributed by atoms with van der Waals surface area (Å²) in [6.07, 6.45) is 5.71. The van der Waals surface area contributed by atoms with E-state index in [9.17, 15) is 14.7 Å². The lowest BCUT2D eigenvalue weighted by Gasteiger charge is -2.28. The van der Waals surface area contributed by atoms with Crippen LogP contribution in [-0.4, -0.2) is 40.5 Å². The zero-order valence-corrected chi connectivity index (χ0v) is 14.5. The van der Waals surface area contributed by atoms with Crippen LogP contribution in [0.2, 0.25) is 0 Å². The number of carbonyl (C=O) groups is 2. The van der Waals surface area contributed by atoms with Crippen molar-refractivity contribution in [3.05, 3.63) is 35.4 Å². The van der Waals surface area contributed by atoms with E-state index >= 15 is 0 Å². The Morgan fingerprint density at radius 2 is 1.84 bits per heavy atom. The molecule has 1 heterocycles. The Morgan fingerprint density at radius 1 is 1.08 bits per heavy atom. The fraction of sp³-hybridized carbons (Fsp3) is 0.600. The predicted octanol–water partition coefficient (Wildman–Crippen LogP) is 1.94. The number of amides is 2. The number of carbonyl (C=O) groups excluding carboxylic acids is 2. The van der Waals surface area contributed by atoms with Crippen molar-refractivity contribution >= 4 is 11.8 Å². The summed E-state index contributed by atoms with van der Waals surface area (Å²) in [5.74, 6) is 0.137. The molecule has 4 rings (SSSR count). The highest BCUT2D eigenvalue weighted by Crippen LogP contribution is 2.33. The van der Waals surface area contributed by atoms with Crippen molar-refractivity contribution in [2.45, 2.75) is 63.1 Å². The summed E-state index contributed by atoms with van der Waals surface area (Å²) in [7, 11) is 0. The highest BCUT2D eigenvalue weighted by Gasteiger charge is 2.40. The lowest BCUT2D eigenvalue weighted by molar-refractivity contribution is -0.141. The molecule has 134 valence electrons. The van der Waals surface area contributed by atoms with E-state index in [2.05, 4.69) is 5.32 Å². The van der Waals surface area contributed by atoms with Crippen LogP contribution in [0.1, 0.15) is 55.7 Å². The maximum atomic E-state index is 12.9. The molecule has 1 aromatic rings. The van der Waals surface area contributed by atoms with Gasteiger partial charge in [-0.2, -0.15) is 0 Å². The number of aliphatic hydroxyl groups is 1. The molecule has 1 saturated carbocycles. The van der Waals surface area contributed by atoms with Crippen molar-refractivity contribution in [2.24, 2.45) is 5.92 Å². The first kappa shape index (κ1) is 16.6. The van der Waals surface area contributed by atoms with Crippen LogP contribution in [0.4, 0.5) is 0 Å². The van der Waals surface area contributed by atoms with Crippen molar-refractivity contribution in [1.82, 2.24) is 10.2 Å². The van der Waals surface area contributed by atoms with Crippen molar-refractivity contribution in [1.29, 1.82) is 0 Å². The van der Waals surface area contributed by atoms with Gasteiger partial charge in [-0.3, -0.25) is 9.59 Å². The van der Waals surface area contributed by atoms with E-state index in [1.54, 1.807) is 4.90 Å². The molecule has 2 fully saturated rings. The highest BCUT2D eigenvalue weighted by molar-refractivity contribution is 5.89. The highest BCUT2D eigenvalue weighted by atomic mass is 16.3. The average Bonchev–Trinajstić information content (AvgIpc) is 3.35. The first-order valence-electron chi connectivity index (χ1n) is 9.52. The standard InChI is InChI=1S/C20H26N2O3/c23-17-12-14-8-3-4-9-15(14)18(17)21-19(24)16-10-5-11-22(16)20(25)13-6-1-2-7-13/h3-4,8-9,13,16-18,23H,1-2,5-7,10-12H2,(H,21,24)/t16?,17-,18+/m1/s1. The summed E-state index contributed by atoms with van der Waals surface area (Å²) in [5, 5.41) is 13.4. The summed E-state index contributed by atoms with van der Waals surface area (Å²) in [5.41, 5.74) is 2.08. The molecule has 1 aromatic carbocycles. The molecule has 0 spiro atoms. The van der Waals surface area contributed by atoms with E-state index in [0.29, 0.717) is 13.0 Å². The summed E-state index contributed by atoms with van der Waals surface area (Å²) >= 11 is 0. The molecule has 0 radical (unpaired) electrons. The van der Waals surface area contributed by atoms with Crippen LogP contribution < -0.4 is 5.32 Å². The molecule has 3 atom stereocenters. The fourth-order valence-electron chi connectivity index (χ4n) is 4.71. The van der Waals surface area contributed by atoms with E-state index in [4.69, 9.17) is 0 Å². The largest absolute Gasteiger partial charge is 0.390 e. The van der Waals surface area contributed by atoms with Crippen LogP contribution in [0.15, 0.2) is 24.3 Å². The van der Waals surface area contributed by atoms with Gasteiger partial charge in [0.1, 0.15) is 6.04 Å². The first-order chi connectivity index (χ1) is 12.1. The zero-order valence-electron chi connectivity index (χ0n) is 14.5. The third-order valence-corrected chi connectivity index (χ3v) is 6.04. The van der Waals surface area contributed by atoms with Crippen LogP contribution >= 0.6 is 0 Å². The minimum Gasteiger partial charge on any atom is -0.390 e. The van der Waals surface area contributed by atoms with Gasteiger partial charge in [-0.25, -0.2) is 0 Å². The lowest BCUT2D eigenvalue weighted by atomic mass is 10.0.